The van der Waals surface area contributed by atoms with E-state index in [1.807, 2.05) is 23.1 Å². The molecular weight excluding hydrogens is 388 g/mol. The van der Waals surface area contributed by atoms with Crippen LogP contribution in [0.15, 0.2) is 53.5 Å². The third-order valence-electron chi connectivity index (χ3n) is 5.91. The summed E-state index contributed by atoms with van der Waals surface area (Å²) in [7, 11) is 1.79. The molecule has 2 aromatic carbocycles. The average Bonchev–Trinajstić information content (AvgIpc) is 3.14. The lowest BCUT2D eigenvalue weighted by Gasteiger charge is -2.38. The number of guanidine groups is 1. The summed E-state index contributed by atoms with van der Waals surface area (Å²) in [6.07, 6.45) is 2.49. The maximum Gasteiger partial charge on any atom is 0.222 e. The summed E-state index contributed by atoms with van der Waals surface area (Å²) in [5.74, 6) is 1.95. The maximum atomic E-state index is 11.9. The Kier molecular flexibility index (Phi) is 6.16. The first-order valence-electron chi connectivity index (χ1n) is 11.0. The van der Waals surface area contributed by atoms with Crippen LogP contribution in [0.4, 0.5) is 0 Å². The number of rotatable bonds is 5. The minimum Gasteiger partial charge on any atom is -0.487 e. The molecule has 4 rings (SSSR count). The monoisotopic (exact) mass is 420 g/mol. The molecule has 0 aromatic heterocycles. The van der Waals surface area contributed by atoms with Gasteiger partial charge in [0.25, 0.3) is 0 Å². The van der Waals surface area contributed by atoms with E-state index < -0.39 is 0 Å². The van der Waals surface area contributed by atoms with Gasteiger partial charge in [-0.05, 0) is 37.5 Å². The Morgan fingerprint density at radius 1 is 1.19 bits per heavy atom. The van der Waals surface area contributed by atoms with Crippen LogP contribution in [-0.4, -0.2) is 36.0 Å². The van der Waals surface area contributed by atoms with Gasteiger partial charge in [-0.1, -0.05) is 42.5 Å². The summed E-state index contributed by atoms with van der Waals surface area (Å²) in [6.45, 7) is 6.44. The SMILES string of the molecule is CN=C(NCc1cccc(CN2CCCC2=O)c1)NC1CC(C)(C)Oc2ccccc21. The number of amides is 1. The van der Waals surface area contributed by atoms with Crippen molar-refractivity contribution in [3.63, 3.8) is 0 Å². The lowest BCUT2D eigenvalue weighted by atomic mass is 9.90. The van der Waals surface area contributed by atoms with Crippen molar-refractivity contribution in [1.82, 2.24) is 15.5 Å². The minimum absolute atomic E-state index is 0.124. The molecule has 1 amide bonds. The topological polar surface area (TPSA) is 66.0 Å². The number of carbonyl (C=O) groups excluding carboxylic acids is 1. The number of benzene rings is 2. The summed E-state index contributed by atoms with van der Waals surface area (Å²) < 4.78 is 6.14. The van der Waals surface area contributed by atoms with E-state index in [2.05, 4.69) is 59.8 Å². The molecule has 1 fully saturated rings. The molecule has 2 aliphatic rings. The molecule has 2 aromatic rings. The number of aliphatic imine (C=N–C) groups is 1. The second-order valence-corrected chi connectivity index (χ2v) is 8.97. The van der Waals surface area contributed by atoms with E-state index in [9.17, 15) is 4.79 Å². The van der Waals surface area contributed by atoms with Crippen molar-refractivity contribution >= 4 is 11.9 Å². The molecule has 0 saturated carbocycles. The Morgan fingerprint density at radius 3 is 2.77 bits per heavy atom. The van der Waals surface area contributed by atoms with Gasteiger partial charge in [0.15, 0.2) is 5.96 Å². The highest BCUT2D eigenvalue weighted by Gasteiger charge is 2.34. The van der Waals surface area contributed by atoms with Crippen LogP contribution in [0.1, 0.15) is 55.8 Å². The standard InChI is InChI=1S/C25H32N4O2/c1-25(2)15-21(20-10-4-5-11-22(20)31-25)28-24(26-3)27-16-18-8-6-9-19(14-18)17-29-13-7-12-23(29)30/h4-6,8-11,14,21H,7,12-13,15-17H2,1-3H3,(H2,26,27,28). The number of hydrogen-bond acceptors (Lipinski definition) is 3. The summed E-state index contributed by atoms with van der Waals surface area (Å²) in [4.78, 5) is 18.3. The fourth-order valence-corrected chi connectivity index (χ4v) is 4.41. The third-order valence-corrected chi connectivity index (χ3v) is 5.91. The molecular formula is C25H32N4O2. The molecule has 1 unspecified atom stereocenters. The highest BCUT2D eigenvalue weighted by molar-refractivity contribution is 5.80. The molecule has 0 radical (unpaired) electrons. The number of hydrogen-bond donors (Lipinski definition) is 2. The smallest absolute Gasteiger partial charge is 0.222 e. The molecule has 2 N–H and O–H groups in total. The number of fused-ring (bicyclic) bond motifs is 1. The molecule has 1 atom stereocenters. The number of carbonyl (C=O) groups is 1. The average molecular weight is 421 g/mol. The van der Waals surface area contributed by atoms with Crippen molar-refractivity contribution in [2.24, 2.45) is 4.99 Å². The number of likely N-dealkylation sites (tertiary alicyclic amines) is 1. The van der Waals surface area contributed by atoms with Gasteiger partial charge in [0.05, 0.1) is 6.04 Å². The van der Waals surface area contributed by atoms with Gasteiger partial charge in [-0.25, -0.2) is 0 Å². The number of nitrogens with one attached hydrogen (secondary N) is 2. The van der Waals surface area contributed by atoms with Gasteiger partial charge in [0.1, 0.15) is 11.4 Å². The van der Waals surface area contributed by atoms with Crippen LogP contribution in [0.2, 0.25) is 0 Å². The summed E-state index contributed by atoms with van der Waals surface area (Å²) in [5, 5.41) is 7.01. The van der Waals surface area contributed by atoms with Gasteiger partial charge in [-0.15, -0.1) is 0 Å². The van der Waals surface area contributed by atoms with E-state index in [4.69, 9.17) is 4.74 Å². The molecule has 164 valence electrons. The lowest BCUT2D eigenvalue weighted by molar-refractivity contribution is -0.128. The highest BCUT2D eigenvalue weighted by Crippen LogP contribution is 2.39. The molecule has 0 aliphatic carbocycles. The Morgan fingerprint density at radius 2 is 2.00 bits per heavy atom. The van der Waals surface area contributed by atoms with Crippen LogP contribution in [0.3, 0.4) is 0 Å². The molecule has 0 bridgehead atoms. The summed E-state index contributed by atoms with van der Waals surface area (Å²) in [5.41, 5.74) is 3.24. The predicted molar refractivity (Wildman–Crippen MR) is 123 cm³/mol. The number of para-hydroxylation sites is 1. The van der Waals surface area contributed by atoms with Crippen molar-refractivity contribution < 1.29 is 9.53 Å². The Hall–Kier alpha value is -3.02. The van der Waals surface area contributed by atoms with Crippen molar-refractivity contribution in [1.29, 1.82) is 0 Å². The molecule has 2 heterocycles. The molecule has 2 aliphatic heterocycles. The molecule has 1 saturated heterocycles. The van der Waals surface area contributed by atoms with Gasteiger partial charge >= 0.3 is 0 Å². The zero-order valence-electron chi connectivity index (χ0n) is 18.6. The Balaban J connectivity index is 1.39. The van der Waals surface area contributed by atoms with Crippen molar-refractivity contribution in [2.75, 3.05) is 13.6 Å². The second-order valence-electron chi connectivity index (χ2n) is 8.97. The Labute approximate surface area is 184 Å². The van der Waals surface area contributed by atoms with Crippen molar-refractivity contribution in [3.05, 3.63) is 65.2 Å². The van der Waals surface area contributed by atoms with Crippen molar-refractivity contribution in [2.45, 2.75) is 57.8 Å². The zero-order valence-corrected chi connectivity index (χ0v) is 18.6. The first-order valence-corrected chi connectivity index (χ1v) is 11.0. The van der Waals surface area contributed by atoms with E-state index in [0.717, 1.165) is 42.2 Å². The van der Waals surface area contributed by atoms with Crippen LogP contribution in [0, 0.1) is 0 Å². The fraction of sp³-hybridized carbons (Fsp3) is 0.440. The van der Waals surface area contributed by atoms with Crippen LogP contribution in [-0.2, 0) is 17.9 Å². The van der Waals surface area contributed by atoms with Crippen LogP contribution >= 0.6 is 0 Å². The predicted octanol–water partition coefficient (Wildman–Crippen LogP) is 3.78. The molecule has 6 heteroatoms. The van der Waals surface area contributed by atoms with Gasteiger partial charge in [0, 0.05) is 45.1 Å². The molecule has 0 spiro atoms. The maximum absolute atomic E-state index is 11.9. The van der Waals surface area contributed by atoms with Crippen LogP contribution in [0.25, 0.3) is 0 Å². The highest BCUT2D eigenvalue weighted by atomic mass is 16.5. The Bertz CT molecular complexity index is 969. The van der Waals surface area contributed by atoms with E-state index in [1.54, 1.807) is 7.05 Å². The van der Waals surface area contributed by atoms with Gasteiger partial charge in [-0.3, -0.25) is 9.79 Å². The van der Waals surface area contributed by atoms with Crippen LogP contribution < -0.4 is 15.4 Å². The third kappa shape index (κ3) is 5.19. The van der Waals surface area contributed by atoms with Crippen molar-refractivity contribution in [3.8, 4) is 5.75 Å². The minimum atomic E-state index is -0.244. The lowest BCUT2D eigenvalue weighted by Crippen LogP contribution is -2.45. The van der Waals surface area contributed by atoms with Gasteiger partial charge in [0.2, 0.25) is 5.91 Å². The molecule has 31 heavy (non-hydrogen) atoms. The van der Waals surface area contributed by atoms with Gasteiger partial charge in [-0.2, -0.15) is 0 Å². The number of nitrogens with zero attached hydrogens (tertiary/aromatic N) is 2. The summed E-state index contributed by atoms with van der Waals surface area (Å²) >= 11 is 0. The number of ether oxygens (including phenoxy) is 1. The first kappa shape index (κ1) is 21.2. The summed E-state index contributed by atoms with van der Waals surface area (Å²) in [6, 6.07) is 16.7. The zero-order chi connectivity index (χ0) is 21.8. The van der Waals surface area contributed by atoms with E-state index >= 15 is 0 Å². The second kappa shape index (κ2) is 9.00. The van der Waals surface area contributed by atoms with Crippen LogP contribution in [0.5, 0.6) is 5.75 Å². The molecule has 6 nitrogen and oxygen atoms in total. The first-order chi connectivity index (χ1) is 14.9. The fourth-order valence-electron chi connectivity index (χ4n) is 4.41. The normalized spacial score (nSPS) is 20.2. The van der Waals surface area contributed by atoms with E-state index in [1.165, 1.54) is 5.56 Å². The largest absolute Gasteiger partial charge is 0.487 e. The van der Waals surface area contributed by atoms with E-state index in [-0.39, 0.29) is 17.6 Å². The quantitative estimate of drug-likeness (QED) is 0.571. The van der Waals surface area contributed by atoms with Gasteiger partial charge < -0.3 is 20.3 Å². The van der Waals surface area contributed by atoms with E-state index in [0.29, 0.717) is 19.5 Å².